The first-order valence-corrected chi connectivity index (χ1v) is 8.34. The Labute approximate surface area is 156 Å². The molecule has 2 amide bonds. The minimum Gasteiger partial charge on any atom is -0.326 e. The Morgan fingerprint density at radius 3 is 2.15 bits per heavy atom. The summed E-state index contributed by atoms with van der Waals surface area (Å²) in [4.78, 5) is 31.9. The summed E-state index contributed by atoms with van der Waals surface area (Å²) in [5.74, 6) is -0.106. The molecule has 0 saturated heterocycles. The van der Waals surface area contributed by atoms with E-state index >= 15 is 0 Å². The Morgan fingerprint density at radius 2 is 1.48 bits per heavy atom. The molecule has 0 saturated carbocycles. The molecule has 0 aliphatic carbocycles. The lowest BCUT2D eigenvalue weighted by atomic mass is 10.2. The zero-order chi connectivity index (χ0) is 19.2. The first kappa shape index (κ1) is 18.1. The minimum atomic E-state index is -0.336. The van der Waals surface area contributed by atoms with E-state index in [4.69, 9.17) is 0 Å². The highest BCUT2D eigenvalue weighted by Gasteiger charge is 2.09. The molecule has 0 fully saturated rings. The van der Waals surface area contributed by atoms with Crippen LogP contribution in [0.25, 0.3) is 0 Å². The van der Waals surface area contributed by atoms with Gasteiger partial charge in [0.05, 0.1) is 5.56 Å². The molecule has 7 heteroatoms. The lowest BCUT2D eigenvalue weighted by Crippen LogP contribution is -2.13. The van der Waals surface area contributed by atoms with Crippen molar-refractivity contribution < 1.29 is 9.59 Å². The molecule has 0 unspecified atom stereocenters. The van der Waals surface area contributed by atoms with Crippen LogP contribution in [-0.4, -0.2) is 21.8 Å². The third-order valence-corrected chi connectivity index (χ3v) is 3.63. The number of amides is 2. The van der Waals surface area contributed by atoms with Crippen molar-refractivity contribution in [1.82, 2.24) is 9.97 Å². The smallest absolute Gasteiger partial charge is 0.258 e. The van der Waals surface area contributed by atoms with Gasteiger partial charge in [0, 0.05) is 36.4 Å². The fraction of sp³-hybridized carbons (Fsp3) is 0.100. The Kier molecular flexibility index (Phi) is 5.41. The number of benzene rings is 2. The highest BCUT2D eigenvalue weighted by molar-refractivity contribution is 6.04. The summed E-state index contributed by atoms with van der Waals surface area (Å²) < 4.78 is 0. The van der Waals surface area contributed by atoms with Gasteiger partial charge in [0.2, 0.25) is 11.9 Å². The molecular formula is C20H19N5O2. The number of nitrogens with one attached hydrogen (secondary N) is 3. The first-order chi connectivity index (χ1) is 13.0. The molecule has 27 heavy (non-hydrogen) atoms. The van der Waals surface area contributed by atoms with E-state index < -0.39 is 0 Å². The highest BCUT2D eigenvalue weighted by Crippen LogP contribution is 2.17. The van der Waals surface area contributed by atoms with E-state index in [9.17, 15) is 9.59 Å². The van der Waals surface area contributed by atoms with Gasteiger partial charge in [0.1, 0.15) is 0 Å². The van der Waals surface area contributed by atoms with Crippen LogP contribution in [0.5, 0.6) is 0 Å². The molecule has 1 aromatic heterocycles. The van der Waals surface area contributed by atoms with Crippen LogP contribution in [0.4, 0.5) is 23.0 Å². The second-order valence-corrected chi connectivity index (χ2v) is 6.01. The predicted octanol–water partition coefficient (Wildman–Crippen LogP) is 3.74. The van der Waals surface area contributed by atoms with Gasteiger partial charge in [-0.2, -0.15) is 0 Å². The minimum absolute atomic E-state index is 0.177. The number of carbonyl (C=O) groups excluding carboxylic acids is 2. The Balaban J connectivity index is 1.66. The van der Waals surface area contributed by atoms with Crippen molar-refractivity contribution >= 4 is 34.8 Å². The third-order valence-electron chi connectivity index (χ3n) is 3.63. The van der Waals surface area contributed by atoms with Crippen LogP contribution in [0, 0.1) is 6.92 Å². The summed E-state index contributed by atoms with van der Waals surface area (Å²) in [5, 5.41) is 8.52. The van der Waals surface area contributed by atoms with Crippen molar-refractivity contribution in [2.75, 3.05) is 16.0 Å². The van der Waals surface area contributed by atoms with Crippen molar-refractivity contribution in [3.63, 3.8) is 0 Å². The van der Waals surface area contributed by atoms with Gasteiger partial charge >= 0.3 is 0 Å². The Hall–Kier alpha value is -3.74. The SMILES string of the molecule is CC(=O)Nc1cccc(NC(=O)c2cnc(Nc3cccc(C)c3)nc2)c1. The van der Waals surface area contributed by atoms with Crippen LogP contribution in [-0.2, 0) is 4.79 Å². The van der Waals surface area contributed by atoms with Crippen molar-refractivity contribution in [3.05, 3.63) is 72.1 Å². The summed E-state index contributed by atoms with van der Waals surface area (Å²) in [6, 6.07) is 14.7. The third kappa shape index (κ3) is 5.12. The molecule has 0 aliphatic rings. The summed E-state index contributed by atoms with van der Waals surface area (Å²) in [6.45, 7) is 3.43. The van der Waals surface area contributed by atoms with Crippen LogP contribution < -0.4 is 16.0 Å². The first-order valence-electron chi connectivity index (χ1n) is 8.34. The second-order valence-electron chi connectivity index (χ2n) is 6.01. The number of hydrogen-bond acceptors (Lipinski definition) is 5. The number of nitrogens with zero attached hydrogens (tertiary/aromatic N) is 2. The molecule has 0 spiro atoms. The van der Waals surface area contributed by atoms with E-state index in [1.54, 1.807) is 24.3 Å². The molecule has 0 bridgehead atoms. The van der Waals surface area contributed by atoms with Crippen LogP contribution in [0.1, 0.15) is 22.8 Å². The van der Waals surface area contributed by atoms with Crippen molar-refractivity contribution in [3.8, 4) is 0 Å². The monoisotopic (exact) mass is 361 g/mol. The van der Waals surface area contributed by atoms with Gasteiger partial charge in [0.25, 0.3) is 5.91 Å². The maximum absolute atomic E-state index is 12.4. The summed E-state index contributed by atoms with van der Waals surface area (Å²) >= 11 is 0. The number of aryl methyl sites for hydroxylation is 1. The van der Waals surface area contributed by atoms with E-state index in [0.29, 0.717) is 22.9 Å². The van der Waals surface area contributed by atoms with Crippen molar-refractivity contribution in [2.24, 2.45) is 0 Å². The van der Waals surface area contributed by atoms with Crippen LogP contribution in [0.15, 0.2) is 60.9 Å². The topological polar surface area (TPSA) is 96.0 Å². The van der Waals surface area contributed by atoms with Gasteiger partial charge in [-0.05, 0) is 42.8 Å². The number of rotatable bonds is 5. The molecule has 3 aromatic rings. The van der Waals surface area contributed by atoms with Gasteiger partial charge in [-0.15, -0.1) is 0 Å². The molecular weight excluding hydrogens is 342 g/mol. The van der Waals surface area contributed by atoms with E-state index in [1.807, 2.05) is 31.2 Å². The molecule has 3 N–H and O–H groups in total. The molecule has 1 heterocycles. The van der Waals surface area contributed by atoms with Gasteiger partial charge in [-0.1, -0.05) is 18.2 Å². The maximum atomic E-state index is 12.4. The van der Waals surface area contributed by atoms with Crippen LogP contribution in [0.2, 0.25) is 0 Å². The Bertz CT molecular complexity index is 970. The lowest BCUT2D eigenvalue weighted by Gasteiger charge is -2.08. The van der Waals surface area contributed by atoms with Gasteiger partial charge < -0.3 is 16.0 Å². The molecule has 0 aliphatic heterocycles. The number of hydrogen-bond donors (Lipinski definition) is 3. The zero-order valence-electron chi connectivity index (χ0n) is 15.0. The second kappa shape index (κ2) is 8.09. The number of carbonyl (C=O) groups is 2. The zero-order valence-corrected chi connectivity index (χ0v) is 15.0. The maximum Gasteiger partial charge on any atom is 0.258 e. The van der Waals surface area contributed by atoms with Crippen LogP contribution in [0.3, 0.4) is 0 Å². The number of aromatic nitrogens is 2. The predicted molar refractivity (Wildman–Crippen MR) is 105 cm³/mol. The molecule has 0 radical (unpaired) electrons. The number of anilines is 4. The Morgan fingerprint density at radius 1 is 0.852 bits per heavy atom. The normalized spacial score (nSPS) is 10.1. The molecule has 2 aromatic carbocycles. The summed E-state index contributed by atoms with van der Waals surface area (Å²) in [5.41, 5.74) is 3.50. The lowest BCUT2D eigenvalue weighted by molar-refractivity contribution is -0.114. The van der Waals surface area contributed by atoms with Crippen molar-refractivity contribution in [1.29, 1.82) is 0 Å². The van der Waals surface area contributed by atoms with Gasteiger partial charge in [0.15, 0.2) is 0 Å². The highest BCUT2D eigenvalue weighted by atomic mass is 16.2. The molecule has 3 rings (SSSR count). The molecule has 136 valence electrons. The summed E-state index contributed by atoms with van der Waals surface area (Å²) in [6.07, 6.45) is 2.91. The van der Waals surface area contributed by atoms with Gasteiger partial charge in [-0.3, -0.25) is 9.59 Å². The standard InChI is InChI=1S/C20H19N5O2/c1-13-5-3-6-16(9-13)25-20-21-11-15(12-22-20)19(27)24-18-8-4-7-17(10-18)23-14(2)26/h3-12H,1-2H3,(H,23,26)(H,24,27)(H,21,22,25). The average Bonchev–Trinajstić information content (AvgIpc) is 2.62. The van der Waals surface area contributed by atoms with E-state index in [1.165, 1.54) is 19.3 Å². The van der Waals surface area contributed by atoms with Gasteiger partial charge in [-0.25, -0.2) is 9.97 Å². The fourth-order valence-corrected chi connectivity index (χ4v) is 2.44. The van der Waals surface area contributed by atoms with Crippen LogP contribution >= 0.6 is 0 Å². The molecule has 7 nitrogen and oxygen atoms in total. The van der Waals surface area contributed by atoms with Crippen molar-refractivity contribution in [2.45, 2.75) is 13.8 Å². The summed E-state index contributed by atoms with van der Waals surface area (Å²) in [7, 11) is 0. The fourth-order valence-electron chi connectivity index (χ4n) is 2.44. The molecule has 0 atom stereocenters. The largest absolute Gasteiger partial charge is 0.326 e. The quantitative estimate of drug-likeness (QED) is 0.643. The van der Waals surface area contributed by atoms with E-state index in [-0.39, 0.29) is 11.8 Å². The average molecular weight is 361 g/mol. The van der Waals surface area contributed by atoms with E-state index in [0.717, 1.165) is 11.3 Å². The van der Waals surface area contributed by atoms with E-state index in [2.05, 4.69) is 25.9 Å².